The number of carbonyl (C=O) groups excluding carboxylic acids is 1. The lowest BCUT2D eigenvalue weighted by molar-refractivity contribution is -0.123. The third kappa shape index (κ3) is 6.87. The van der Waals surface area contributed by atoms with E-state index in [-0.39, 0.29) is 18.8 Å². The first-order valence-corrected chi connectivity index (χ1v) is 10.6. The van der Waals surface area contributed by atoms with Crippen LogP contribution >= 0.6 is 23.2 Å². The summed E-state index contributed by atoms with van der Waals surface area (Å²) in [7, 11) is 1.51. The number of hydrogen-bond donors (Lipinski definition) is 2. The van der Waals surface area contributed by atoms with Crippen LogP contribution in [0.25, 0.3) is 0 Å². The molecule has 0 atom stereocenters. The van der Waals surface area contributed by atoms with Crippen molar-refractivity contribution in [2.75, 3.05) is 13.7 Å². The molecule has 3 rings (SSSR count). The monoisotopic (exact) mass is 502 g/mol. The Bertz CT molecular complexity index is 1200. The van der Waals surface area contributed by atoms with Gasteiger partial charge in [-0.15, -0.1) is 0 Å². The van der Waals surface area contributed by atoms with Gasteiger partial charge in [0.25, 0.3) is 5.91 Å². The van der Waals surface area contributed by atoms with Gasteiger partial charge in [-0.25, -0.2) is 10.2 Å². The zero-order valence-electron chi connectivity index (χ0n) is 18.0. The summed E-state index contributed by atoms with van der Waals surface area (Å²) in [5.74, 6) is -0.289. The number of methoxy groups -OCH3 is 1. The van der Waals surface area contributed by atoms with E-state index in [1.54, 1.807) is 42.5 Å². The van der Waals surface area contributed by atoms with E-state index in [0.29, 0.717) is 32.9 Å². The molecule has 0 saturated carbocycles. The molecule has 0 heterocycles. The molecule has 0 aliphatic carbocycles. The summed E-state index contributed by atoms with van der Waals surface area (Å²) in [4.78, 5) is 23.1. The maximum Gasteiger partial charge on any atom is 0.335 e. The van der Waals surface area contributed by atoms with Gasteiger partial charge in [-0.05, 0) is 48.0 Å². The number of carboxylic acids is 1. The molecule has 0 fully saturated rings. The zero-order chi connectivity index (χ0) is 24.5. The second-order valence-electron chi connectivity index (χ2n) is 6.83. The number of ether oxygens (including phenoxy) is 3. The smallest absolute Gasteiger partial charge is 0.335 e. The van der Waals surface area contributed by atoms with Crippen molar-refractivity contribution in [2.45, 2.75) is 6.61 Å². The Morgan fingerprint density at radius 2 is 1.79 bits per heavy atom. The van der Waals surface area contributed by atoms with Crippen molar-refractivity contribution in [3.8, 4) is 17.2 Å². The highest BCUT2D eigenvalue weighted by Gasteiger charge is 2.11. The molecule has 0 unspecified atom stereocenters. The van der Waals surface area contributed by atoms with Crippen LogP contribution in [0.2, 0.25) is 10.0 Å². The average Bonchev–Trinajstić information content (AvgIpc) is 2.82. The standard InChI is InChI=1S/C24H20Cl2N2O6/c1-32-21-4-2-3-17(23(21)34-13-15-5-7-16(8-6-15)24(30)31)12-27-28-22(29)14-33-20-10-9-18(25)11-19(20)26/h2-12H,13-14H2,1H3,(H,28,29)(H,30,31)/b27-12+. The number of benzene rings is 3. The average molecular weight is 503 g/mol. The normalized spacial score (nSPS) is 10.7. The Hall–Kier alpha value is -3.75. The molecular weight excluding hydrogens is 483 g/mol. The van der Waals surface area contributed by atoms with Crippen LogP contribution < -0.4 is 19.6 Å². The Morgan fingerprint density at radius 3 is 2.47 bits per heavy atom. The maximum atomic E-state index is 12.1. The van der Waals surface area contributed by atoms with Gasteiger partial charge in [0.2, 0.25) is 0 Å². The molecule has 8 nitrogen and oxygen atoms in total. The fourth-order valence-electron chi connectivity index (χ4n) is 2.79. The summed E-state index contributed by atoms with van der Waals surface area (Å²) in [6.07, 6.45) is 1.42. The minimum Gasteiger partial charge on any atom is -0.493 e. The van der Waals surface area contributed by atoms with Crippen LogP contribution in [0, 0.1) is 0 Å². The molecule has 0 saturated heterocycles. The molecule has 0 bridgehead atoms. The van der Waals surface area contributed by atoms with E-state index in [4.69, 9.17) is 42.5 Å². The summed E-state index contributed by atoms with van der Waals surface area (Å²) >= 11 is 11.9. The highest BCUT2D eigenvalue weighted by atomic mass is 35.5. The molecule has 2 N–H and O–H groups in total. The molecule has 0 aliphatic heterocycles. The van der Waals surface area contributed by atoms with Gasteiger partial charge < -0.3 is 19.3 Å². The highest BCUT2D eigenvalue weighted by molar-refractivity contribution is 6.35. The summed E-state index contributed by atoms with van der Waals surface area (Å²) in [6.45, 7) is -0.129. The second kappa shape index (κ2) is 11.9. The lowest BCUT2D eigenvalue weighted by Gasteiger charge is -2.13. The maximum absolute atomic E-state index is 12.1. The minimum absolute atomic E-state index is 0.170. The number of nitrogens with zero attached hydrogens (tertiary/aromatic N) is 1. The first-order chi connectivity index (χ1) is 16.4. The van der Waals surface area contributed by atoms with Crippen LogP contribution in [0.3, 0.4) is 0 Å². The van der Waals surface area contributed by atoms with Crippen LogP contribution in [0.5, 0.6) is 17.2 Å². The van der Waals surface area contributed by atoms with Crippen LogP contribution in [0.15, 0.2) is 65.8 Å². The predicted octanol–water partition coefficient (Wildman–Crippen LogP) is 4.81. The molecule has 0 aromatic heterocycles. The van der Waals surface area contributed by atoms with E-state index in [1.807, 2.05) is 0 Å². The van der Waals surface area contributed by atoms with E-state index >= 15 is 0 Å². The molecule has 1 amide bonds. The molecule has 3 aromatic carbocycles. The van der Waals surface area contributed by atoms with Crippen LogP contribution in [-0.4, -0.2) is 36.9 Å². The Balaban J connectivity index is 1.62. The van der Waals surface area contributed by atoms with Crippen molar-refractivity contribution in [3.05, 3.63) is 87.4 Å². The Labute approximate surface area is 205 Å². The molecule has 0 radical (unpaired) electrons. The van der Waals surface area contributed by atoms with Gasteiger partial charge in [0, 0.05) is 10.6 Å². The van der Waals surface area contributed by atoms with E-state index < -0.39 is 11.9 Å². The molecule has 10 heteroatoms. The van der Waals surface area contributed by atoms with Gasteiger partial charge in [0.05, 0.1) is 23.9 Å². The van der Waals surface area contributed by atoms with Gasteiger partial charge >= 0.3 is 5.97 Å². The first kappa shape index (κ1) is 24.9. The number of hydrogen-bond acceptors (Lipinski definition) is 6. The number of halogens is 2. The van der Waals surface area contributed by atoms with E-state index in [2.05, 4.69) is 10.5 Å². The molecule has 0 aliphatic rings. The Morgan fingerprint density at radius 1 is 1.03 bits per heavy atom. The third-order valence-electron chi connectivity index (χ3n) is 4.46. The Kier molecular flexibility index (Phi) is 8.73. The zero-order valence-corrected chi connectivity index (χ0v) is 19.5. The van der Waals surface area contributed by atoms with E-state index in [1.165, 1.54) is 31.5 Å². The lowest BCUT2D eigenvalue weighted by atomic mass is 10.1. The molecule has 34 heavy (non-hydrogen) atoms. The lowest BCUT2D eigenvalue weighted by Crippen LogP contribution is -2.24. The van der Waals surface area contributed by atoms with Crippen molar-refractivity contribution >= 4 is 41.3 Å². The number of carbonyl (C=O) groups is 2. The first-order valence-electron chi connectivity index (χ1n) is 9.89. The van der Waals surface area contributed by atoms with Gasteiger partial charge in [-0.1, -0.05) is 41.4 Å². The highest BCUT2D eigenvalue weighted by Crippen LogP contribution is 2.31. The van der Waals surface area contributed by atoms with Crippen molar-refractivity contribution in [2.24, 2.45) is 5.10 Å². The van der Waals surface area contributed by atoms with Crippen LogP contribution in [-0.2, 0) is 11.4 Å². The van der Waals surface area contributed by atoms with Crippen molar-refractivity contribution in [1.29, 1.82) is 0 Å². The number of carboxylic acid groups (broad SMARTS) is 1. The van der Waals surface area contributed by atoms with Crippen LogP contribution in [0.1, 0.15) is 21.5 Å². The van der Waals surface area contributed by atoms with E-state index in [9.17, 15) is 9.59 Å². The minimum atomic E-state index is -1.00. The fraction of sp³-hybridized carbons (Fsp3) is 0.125. The van der Waals surface area contributed by atoms with Crippen molar-refractivity contribution in [1.82, 2.24) is 5.43 Å². The van der Waals surface area contributed by atoms with E-state index in [0.717, 1.165) is 5.56 Å². The van der Waals surface area contributed by atoms with Crippen molar-refractivity contribution < 1.29 is 28.9 Å². The summed E-state index contributed by atoms with van der Waals surface area (Å²) < 4.78 is 16.6. The number of aromatic carboxylic acids is 1. The number of rotatable bonds is 10. The third-order valence-corrected chi connectivity index (χ3v) is 4.99. The molecule has 3 aromatic rings. The number of para-hydroxylation sites is 1. The van der Waals surface area contributed by atoms with Gasteiger partial charge in [-0.3, -0.25) is 4.79 Å². The number of amides is 1. The summed E-state index contributed by atoms with van der Waals surface area (Å²) in [5.41, 5.74) is 3.89. The largest absolute Gasteiger partial charge is 0.493 e. The fourth-order valence-corrected chi connectivity index (χ4v) is 3.25. The quantitative estimate of drug-likeness (QED) is 0.304. The SMILES string of the molecule is COc1cccc(/C=N/NC(=O)COc2ccc(Cl)cc2Cl)c1OCc1ccc(C(=O)O)cc1. The summed E-state index contributed by atoms with van der Waals surface area (Å²) in [6, 6.07) is 16.2. The predicted molar refractivity (Wildman–Crippen MR) is 128 cm³/mol. The van der Waals surface area contributed by atoms with Crippen LogP contribution in [0.4, 0.5) is 0 Å². The second-order valence-corrected chi connectivity index (χ2v) is 7.67. The number of nitrogens with one attached hydrogen (secondary N) is 1. The van der Waals surface area contributed by atoms with Gasteiger partial charge in [0.1, 0.15) is 12.4 Å². The molecular formula is C24H20Cl2N2O6. The van der Waals surface area contributed by atoms with Gasteiger partial charge in [-0.2, -0.15) is 5.10 Å². The summed E-state index contributed by atoms with van der Waals surface area (Å²) in [5, 5.41) is 13.7. The topological polar surface area (TPSA) is 106 Å². The van der Waals surface area contributed by atoms with Crippen molar-refractivity contribution in [3.63, 3.8) is 0 Å². The molecule has 176 valence electrons. The number of hydrazone groups is 1. The molecule has 0 spiro atoms. The van der Waals surface area contributed by atoms with Gasteiger partial charge in [0.15, 0.2) is 18.1 Å².